The van der Waals surface area contributed by atoms with E-state index in [1.807, 2.05) is 0 Å². The molecule has 2 rings (SSSR count). The Balaban J connectivity index is 1.61. The number of hydrogen-bond acceptors (Lipinski definition) is 3. The fraction of sp³-hybridized carbons (Fsp3) is 0.857. The molecule has 1 N–H and O–H groups in total. The molecule has 0 aliphatic heterocycles. The van der Waals surface area contributed by atoms with Crippen molar-refractivity contribution in [2.24, 2.45) is 11.8 Å². The highest BCUT2D eigenvalue weighted by molar-refractivity contribution is 5.83. The van der Waals surface area contributed by atoms with E-state index in [0.29, 0.717) is 12.5 Å². The molecule has 0 heterocycles. The van der Waals surface area contributed by atoms with Gasteiger partial charge in [0.05, 0.1) is 6.61 Å². The van der Waals surface area contributed by atoms with Crippen molar-refractivity contribution in [3.63, 3.8) is 0 Å². The van der Waals surface area contributed by atoms with Crippen LogP contribution in [0.4, 0.5) is 0 Å². The van der Waals surface area contributed by atoms with Crippen LogP contribution in [0.3, 0.4) is 0 Å². The first kappa shape index (κ1) is 13.4. The Kier molecular flexibility index (Phi) is 5.02. The van der Waals surface area contributed by atoms with Crippen molar-refractivity contribution in [1.82, 2.24) is 5.32 Å². The number of ether oxygens (including phenoxy) is 1. The highest BCUT2D eigenvalue weighted by Gasteiger charge is 2.24. The van der Waals surface area contributed by atoms with Gasteiger partial charge in [-0.2, -0.15) is 0 Å². The molecule has 0 aromatic rings. The summed E-state index contributed by atoms with van der Waals surface area (Å²) in [5.41, 5.74) is 0. The van der Waals surface area contributed by atoms with Gasteiger partial charge in [-0.1, -0.05) is 25.7 Å². The molecule has 102 valence electrons. The summed E-state index contributed by atoms with van der Waals surface area (Å²) >= 11 is 0. The molecule has 2 aliphatic carbocycles. The van der Waals surface area contributed by atoms with Crippen LogP contribution in [0, 0.1) is 11.8 Å². The molecular formula is C14H23NO3. The van der Waals surface area contributed by atoms with E-state index in [9.17, 15) is 9.59 Å². The molecule has 1 amide bonds. The molecule has 0 radical (unpaired) electrons. The lowest BCUT2D eigenvalue weighted by molar-refractivity contribution is -0.144. The second-order valence-corrected chi connectivity index (χ2v) is 5.53. The van der Waals surface area contributed by atoms with Gasteiger partial charge in [0.2, 0.25) is 5.91 Å². The second kappa shape index (κ2) is 6.76. The van der Waals surface area contributed by atoms with Crippen LogP contribution in [-0.2, 0) is 14.3 Å². The predicted molar refractivity (Wildman–Crippen MR) is 67.9 cm³/mol. The SMILES string of the molecule is O=C(CNC(=O)C1CCCCCC1)OCC1CC1. The number of esters is 1. The first-order chi connectivity index (χ1) is 8.75. The van der Waals surface area contributed by atoms with Crippen molar-refractivity contribution in [2.45, 2.75) is 51.4 Å². The van der Waals surface area contributed by atoms with Crippen LogP contribution in [0.1, 0.15) is 51.4 Å². The maximum atomic E-state index is 11.9. The summed E-state index contributed by atoms with van der Waals surface area (Å²) in [5.74, 6) is 0.402. The minimum absolute atomic E-state index is 0.0280. The van der Waals surface area contributed by atoms with Gasteiger partial charge in [-0.25, -0.2) is 0 Å². The van der Waals surface area contributed by atoms with Crippen LogP contribution in [0.25, 0.3) is 0 Å². The van der Waals surface area contributed by atoms with Crippen molar-refractivity contribution in [1.29, 1.82) is 0 Å². The Labute approximate surface area is 108 Å². The van der Waals surface area contributed by atoms with E-state index in [2.05, 4.69) is 5.32 Å². The van der Waals surface area contributed by atoms with Gasteiger partial charge in [0.25, 0.3) is 0 Å². The number of hydrogen-bond donors (Lipinski definition) is 1. The van der Waals surface area contributed by atoms with E-state index < -0.39 is 0 Å². The average Bonchev–Trinajstić information content (AvgIpc) is 3.19. The zero-order valence-corrected chi connectivity index (χ0v) is 11.0. The lowest BCUT2D eigenvalue weighted by atomic mass is 9.99. The topological polar surface area (TPSA) is 55.4 Å². The molecule has 0 aromatic carbocycles. The zero-order chi connectivity index (χ0) is 12.8. The van der Waals surface area contributed by atoms with E-state index in [0.717, 1.165) is 25.7 Å². The number of rotatable bonds is 5. The first-order valence-electron chi connectivity index (χ1n) is 7.19. The number of carbonyl (C=O) groups excluding carboxylic acids is 2. The molecule has 0 saturated heterocycles. The second-order valence-electron chi connectivity index (χ2n) is 5.53. The molecule has 0 bridgehead atoms. The Morgan fingerprint density at radius 1 is 1.00 bits per heavy atom. The number of nitrogens with one attached hydrogen (secondary N) is 1. The molecule has 4 heteroatoms. The molecule has 4 nitrogen and oxygen atoms in total. The van der Waals surface area contributed by atoms with Gasteiger partial charge in [-0.3, -0.25) is 9.59 Å². The van der Waals surface area contributed by atoms with Gasteiger partial charge in [0.15, 0.2) is 0 Å². The normalized spacial score (nSPS) is 21.1. The van der Waals surface area contributed by atoms with Gasteiger partial charge in [-0.05, 0) is 31.6 Å². The van der Waals surface area contributed by atoms with Crippen molar-refractivity contribution < 1.29 is 14.3 Å². The van der Waals surface area contributed by atoms with Crippen LogP contribution in [0.15, 0.2) is 0 Å². The smallest absolute Gasteiger partial charge is 0.325 e. The summed E-state index contributed by atoms with van der Waals surface area (Å²) in [6.45, 7) is 0.556. The summed E-state index contributed by atoms with van der Waals surface area (Å²) in [6, 6.07) is 0. The molecule has 2 saturated carbocycles. The van der Waals surface area contributed by atoms with Crippen LogP contribution >= 0.6 is 0 Å². The Morgan fingerprint density at radius 3 is 2.28 bits per heavy atom. The van der Waals surface area contributed by atoms with Gasteiger partial charge < -0.3 is 10.1 Å². The lowest BCUT2D eigenvalue weighted by Crippen LogP contribution is -2.35. The molecule has 18 heavy (non-hydrogen) atoms. The van der Waals surface area contributed by atoms with Crippen molar-refractivity contribution >= 4 is 11.9 Å². The summed E-state index contributed by atoms with van der Waals surface area (Å²) in [5, 5.41) is 2.71. The molecular weight excluding hydrogens is 230 g/mol. The van der Waals surface area contributed by atoms with E-state index in [1.165, 1.54) is 25.7 Å². The maximum Gasteiger partial charge on any atom is 0.325 e. The van der Waals surface area contributed by atoms with E-state index in [-0.39, 0.29) is 24.3 Å². The quantitative estimate of drug-likeness (QED) is 0.602. The maximum absolute atomic E-state index is 11.9. The summed E-state index contributed by atoms with van der Waals surface area (Å²) in [4.78, 5) is 23.3. The Hall–Kier alpha value is -1.06. The van der Waals surface area contributed by atoms with Crippen LogP contribution in [0.5, 0.6) is 0 Å². The highest BCUT2D eigenvalue weighted by atomic mass is 16.5. The number of amides is 1. The zero-order valence-electron chi connectivity index (χ0n) is 11.0. The van der Waals surface area contributed by atoms with Gasteiger partial charge in [0.1, 0.15) is 6.54 Å². The summed E-state index contributed by atoms with van der Waals surface area (Å²) < 4.78 is 5.07. The molecule has 2 fully saturated rings. The van der Waals surface area contributed by atoms with E-state index >= 15 is 0 Å². The third kappa shape index (κ3) is 4.67. The molecule has 0 aromatic heterocycles. The lowest BCUT2D eigenvalue weighted by Gasteiger charge is -2.13. The average molecular weight is 253 g/mol. The molecule has 0 atom stereocenters. The largest absolute Gasteiger partial charge is 0.464 e. The monoisotopic (exact) mass is 253 g/mol. The molecule has 0 spiro atoms. The van der Waals surface area contributed by atoms with Crippen LogP contribution in [-0.4, -0.2) is 25.0 Å². The third-order valence-electron chi connectivity index (χ3n) is 3.81. The summed E-state index contributed by atoms with van der Waals surface area (Å²) in [6.07, 6.45) is 8.98. The predicted octanol–water partition coefficient (Wildman–Crippen LogP) is 2.03. The van der Waals surface area contributed by atoms with Crippen LogP contribution in [0.2, 0.25) is 0 Å². The number of carbonyl (C=O) groups is 2. The Bertz CT molecular complexity index is 291. The molecule has 0 unspecified atom stereocenters. The minimum Gasteiger partial charge on any atom is -0.464 e. The highest BCUT2D eigenvalue weighted by Crippen LogP contribution is 2.28. The van der Waals surface area contributed by atoms with Crippen molar-refractivity contribution in [3.8, 4) is 0 Å². The third-order valence-corrected chi connectivity index (χ3v) is 3.81. The Morgan fingerprint density at radius 2 is 1.67 bits per heavy atom. The van der Waals surface area contributed by atoms with Crippen LogP contribution < -0.4 is 5.32 Å². The van der Waals surface area contributed by atoms with Gasteiger partial charge in [-0.15, -0.1) is 0 Å². The fourth-order valence-electron chi connectivity index (χ4n) is 2.39. The standard InChI is InChI=1S/C14H23NO3/c16-13(18-10-11-7-8-11)9-15-14(17)12-5-3-1-2-4-6-12/h11-12H,1-10H2,(H,15,17). The molecule has 2 aliphatic rings. The first-order valence-corrected chi connectivity index (χ1v) is 7.19. The van der Waals surface area contributed by atoms with Gasteiger partial charge in [0, 0.05) is 5.92 Å². The van der Waals surface area contributed by atoms with E-state index in [4.69, 9.17) is 4.74 Å². The van der Waals surface area contributed by atoms with Gasteiger partial charge >= 0.3 is 5.97 Å². The fourth-order valence-corrected chi connectivity index (χ4v) is 2.39. The van der Waals surface area contributed by atoms with Crippen molar-refractivity contribution in [2.75, 3.05) is 13.2 Å². The minimum atomic E-state index is -0.302. The van der Waals surface area contributed by atoms with E-state index in [1.54, 1.807) is 0 Å². The van der Waals surface area contributed by atoms with Crippen molar-refractivity contribution in [3.05, 3.63) is 0 Å². The summed E-state index contributed by atoms with van der Waals surface area (Å²) in [7, 11) is 0.